The van der Waals surface area contributed by atoms with E-state index in [1.807, 2.05) is 13.8 Å². The normalized spacial score (nSPS) is 35.1. The van der Waals surface area contributed by atoms with Gasteiger partial charge in [-0.3, -0.25) is 4.79 Å². The maximum absolute atomic E-state index is 12.0. The van der Waals surface area contributed by atoms with Crippen LogP contribution in [-0.2, 0) is 14.3 Å². The van der Waals surface area contributed by atoms with Gasteiger partial charge >= 0.3 is 5.97 Å². The second-order valence-electron chi connectivity index (χ2n) is 5.46. The van der Waals surface area contributed by atoms with Gasteiger partial charge in [-0.25, -0.2) is 4.79 Å². The second kappa shape index (κ2) is 3.67. The minimum atomic E-state index is -0.295. The van der Waals surface area contributed by atoms with Crippen LogP contribution in [0.4, 0.5) is 0 Å². The Morgan fingerprint density at radius 3 is 2.78 bits per heavy atom. The van der Waals surface area contributed by atoms with Gasteiger partial charge in [0.25, 0.3) is 0 Å². The molecule has 0 aromatic heterocycles. The molecule has 1 saturated heterocycles. The van der Waals surface area contributed by atoms with Crippen molar-refractivity contribution in [3.8, 4) is 0 Å². The van der Waals surface area contributed by atoms with Gasteiger partial charge in [-0.1, -0.05) is 17.7 Å². The SMILES string of the molecule is C=C1C(=O)O[C@@H]2C3C(C)=CC(=O)C3=C(C)CC[C@@H]12. The summed E-state index contributed by atoms with van der Waals surface area (Å²) in [5.41, 5.74) is 3.56. The molecule has 3 heteroatoms. The highest BCUT2D eigenvalue weighted by Gasteiger charge is 2.49. The Hall–Kier alpha value is -1.64. The second-order valence-corrected chi connectivity index (χ2v) is 5.46. The molecule has 1 unspecified atom stereocenters. The van der Waals surface area contributed by atoms with E-state index < -0.39 is 0 Å². The third kappa shape index (κ3) is 1.36. The van der Waals surface area contributed by atoms with Crippen LogP contribution in [0.15, 0.2) is 34.9 Å². The molecule has 0 amide bonds. The van der Waals surface area contributed by atoms with Crippen LogP contribution >= 0.6 is 0 Å². The van der Waals surface area contributed by atoms with Crippen LogP contribution in [0.1, 0.15) is 26.7 Å². The van der Waals surface area contributed by atoms with Crippen LogP contribution in [0.2, 0.25) is 0 Å². The first kappa shape index (κ1) is 11.5. The van der Waals surface area contributed by atoms with Crippen LogP contribution in [0, 0.1) is 11.8 Å². The number of esters is 1. The summed E-state index contributed by atoms with van der Waals surface area (Å²) in [5, 5.41) is 0. The van der Waals surface area contributed by atoms with E-state index in [0.29, 0.717) is 5.57 Å². The van der Waals surface area contributed by atoms with Crippen LogP contribution in [0.25, 0.3) is 0 Å². The lowest BCUT2D eigenvalue weighted by Crippen LogP contribution is -2.27. The first-order valence-electron chi connectivity index (χ1n) is 6.32. The molecule has 0 saturated carbocycles. The Bertz CT molecular complexity index is 536. The van der Waals surface area contributed by atoms with E-state index >= 15 is 0 Å². The van der Waals surface area contributed by atoms with Crippen molar-refractivity contribution in [2.24, 2.45) is 11.8 Å². The Kier molecular flexibility index (Phi) is 2.34. The summed E-state index contributed by atoms with van der Waals surface area (Å²) in [6.45, 7) is 7.80. The summed E-state index contributed by atoms with van der Waals surface area (Å²) >= 11 is 0. The molecule has 0 bridgehead atoms. The quantitative estimate of drug-likeness (QED) is 0.485. The van der Waals surface area contributed by atoms with Gasteiger partial charge in [0.1, 0.15) is 6.10 Å². The number of ketones is 1. The van der Waals surface area contributed by atoms with E-state index in [-0.39, 0.29) is 29.7 Å². The van der Waals surface area contributed by atoms with Crippen LogP contribution < -0.4 is 0 Å². The number of carbonyl (C=O) groups is 2. The molecule has 2 aliphatic carbocycles. The molecule has 3 atom stereocenters. The minimum absolute atomic E-state index is 0.0480. The standard InChI is InChI=1S/C15H16O3/c1-7-4-5-10-9(3)15(17)18-14(10)13-8(2)6-11(16)12(7)13/h6,10,13-14H,3-5H2,1-2H3/t10-,13?,14-/m0/s1. The van der Waals surface area contributed by atoms with E-state index in [0.717, 1.165) is 29.6 Å². The Morgan fingerprint density at radius 1 is 1.33 bits per heavy atom. The van der Waals surface area contributed by atoms with Crippen LogP contribution in [0.3, 0.4) is 0 Å². The summed E-state index contributed by atoms with van der Waals surface area (Å²) in [4.78, 5) is 23.7. The summed E-state index contributed by atoms with van der Waals surface area (Å²) in [6, 6.07) is 0. The molecule has 3 nitrogen and oxygen atoms in total. The summed E-state index contributed by atoms with van der Waals surface area (Å²) in [6.07, 6.45) is 3.15. The molecule has 0 aromatic rings. The van der Waals surface area contributed by atoms with Crippen LogP contribution in [0.5, 0.6) is 0 Å². The zero-order valence-electron chi connectivity index (χ0n) is 10.7. The number of ether oxygens (including phenoxy) is 1. The molecule has 1 fully saturated rings. The zero-order chi connectivity index (χ0) is 13.0. The highest BCUT2D eigenvalue weighted by Crippen LogP contribution is 2.47. The molecule has 0 aromatic carbocycles. The monoisotopic (exact) mass is 244 g/mol. The number of hydrogen-bond donors (Lipinski definition) is 0. The van der Waals surface area contributed by atoms with E-state index in [2.05, 4.69) is 6.58 Å². The maximum atomic E-state index is 12.0. The molecule has 0 radical (unpaired) electrons. The van der Waals surface area contributed by atoms with Crippen molar-refractivity contribution >= 4 is 11.8 Å². The Balaban J connectivity index is 2.10. The first-order valence-corrected chi connectivity index (χ1v) is 6.32. The fraction of sp³-hybridized carbons (Fsp3) is 0.467. The van der Waals surface area contributed by atoms with Crippen molar-refractivity contribution in [3.05, 3.63) is 34.9 Å². The lowest BCUT2D eigenvalue weighted by Gasteiger charge is -2.23. The highest BCUT2D eigenvalue weighted by atomic mass is 16.6. The van der Waals surface area contributed by atoms with Crippen molar-refractivity contribution < 1.29 is 14.3 Å². The first-order chi connectivity index (χ1) is 8.50. The molecule has 18 heavy (non-hydrogen) atoms. The van der Waals surface area contributed by atoms with Gasteiger partial charge in [0.2, 0.25) is 0 Å². The largest absolute Gasteiger partial charge is 0.457 e. The minimum Gasteiger partial charge on any atom is -0.457 e. The average molecular weight is 244 g/mol. The lowest BCUT2D eigenvalue weighted by atomic mass is 9.83. The molecule has 0 spiro atoms. The summed E-state index contributed by atoms with van der Waals surface area (Å²) in [5.74, 6) is -0.197. The number of rotatable bonds is 0. The smallest absolute Gasteiger partial charge is 0.334 e. The van der Waals surface area contributed by atoms with E-state index in [1.54, 1.807) is 6.08 Å². The molecule has 0 N–H and O–H groups in total. The Labute approximate surface area is 106 Å². The van der Waals surface area contributed by atoms with Gasteiger partial charge in [-0.05, 0) is 32.8 Å². The van der Waals surface area contributed by atoms with Gasteiger partial charge in [0.15, 0.2) is 5.78 Å². The van der Waals surface area contributed by atoms with Crippen molar-refractivity contribution in [1.29, 1.82) is 0 Å². The number of fused-ring (bicyclic) bond motifs is 3. The zero-order valence-corrected chi connectivity index (χ0v) is 10.7. The van der Waals surface area contributed by atoms with Gasteiger partial charge in [-0.2, -0.15) is 0 Å². The fourth-order valence-electron chi connectivity index (χ4n) is 3.43. The molecule has 94 valence electrons. The topological polar surface area (TPSA) is 43.4 Å². The number of hydrogen-bond acceptors (Lipinski definition) is 3. The predicted octanol–water partition coefficient (Wildman–Crippen LogP) is 2.34. The fourth-order valence-corrected chi connectivity index (χ4v) is 3.43. The molecule has 1 aliphatic heterocycles. The third-order valence-electron chi connectivity index (χ3n) is 4.39. The lowest BCUT2D eigenvalue weighted by molar-refractivity contribution is -0.140. The molecule has 3 aliphatic rings. The summed E-state index contributed by atoms with van der Waals surface area (Å²) < 4.78 is 5.47. The van der Waals surface area contributed by atoms with Gasteiger partial charge in [0, 0.05) is 23.0 Å². The van der Waals surface area contributed by atoms with Gasteiger partial charge in [0.05, 0.1) is 0 Å². The molecular formula is C15H16O3. The van der Waals surface area contributed by atoms with Gasteiger partial charge < -0.3 is 4.74 Å². The van der Waals surface area contributed by atoms with Crippen LogP contribution in [-0.4, -0.2) is 17.9 Å². The average Bonchev–Trinajstić information content (AvgIpc) is 2.68. The molecule has 3 rings (SSSR count). The van der Waals surface area contributed by atoms with E-state index in [9.17, 15) is 9.59 Å². The Morgan fingerprint density at radius 2 is 2.06 bits per heavy atom. The van der Waals surface area contributed by atoms with Gasteiger partial charge in [-0.15, -0.1) is 0 Å². The van der Waals surface area contributed by atoms with Crippen molar-refractivity contribution in [3.63, 3.8) is 0 Å². The third-order valence-corrected chi connectivity index (χ3v) is 4.39. The summed E-state index contributed by atoms with van der Waals surface area (Å²) in [7, 11) is 0. The van der Waals surface area contributed by atoms with Crippen molar-refractivity contribution in [1.82, 2.24) is 0 Å². The van der Waals surface area contributed by atoms with E-state index in [4.69, 9.17) is 4.74 Å². The maximum Gasteiger partial charge on any atom is 0.334 e. The van der Waals surface area contributed by atoms with E-state index in [1.165, 1.54) is 0 Å². The molecular weight excluding hydrogens is 228 g/mol. The molecule has 1 heterocycles. The number of allylic oxidation sites excluding steroid dienone is 2. The van der Waals surface area contributed by atoms with Crippen molar-refractivity contribution in [2.75, 3.05) is 0 Å². The predicted molar refractivity (Wildman–Crippen MR) is 66.7 cm³/mol. The highest BCUT2D eigenvalue weighted by molar-refractivity contribution is 6.09. The number of carbonyl (C=O) groups excluding carboxylic acids is 2. The van der Waals surface area contributed by atoms with Crippen molar-refractivity contribution in [2.45, 2.75) is 32.8 Å².